The molecule has 2 saturated heterocycles. The van der Waals surface area contributed by atoms with Crippen molar-refractivity contribution in [2.75, 3.05) is 86.6 Å². The van der Waals surface area contributed by atoms with Gasteiger partial charge in [-0.15, -0.1) is 0 Å². The van der Waals surface area contributed by atoms with Crippen LogP contribution in [0.2, 0.25) is 0 Å². The molecule has 5 rings (SSSR count). The summed E-state index contributed by atoms with van der Waals surface area (Å²) < 4.78 is 11.1. The van der Waals surface area contributed by atoms with E-state index in [0.717, 1.165) is 69.3 Å². The van der Waals surface area contributed by atoms with Crippen LogP contribution in [0.25, 0.3) is 0 Å². The van der Waals surface area contributed by atoms with Gasteiger partial charge in [-0.25, -0.2) is 4.98 Å². The lowest BCUT2D eigenvalue weighted by Gasteiger charge is -2.45. The minimum absolute atomic E-state index is 0.0752. The molecule has 2 N–H and O–H groups in total. The third-order valence-corrected chi connectivity index (χ3v) is 8.12. The van der Waals surface area contributed by atoms with Gasteiger partial charge in [-0.3, -0.25) is 9.59 Å². The molecule has 222 valence electrons. The number of ether oxygens (including phenoxy) is 2. The van der Waals surface area contributed by atoms with Crippen molar-refractivity contribution in [2.24, 2.45) is 0 Å². The Morgan fingerprint density at radius 1 is 1.12 bits per heavy atom. The van der Waals surface area contributed by atoms with Gasteiger partial charge in [0.05, 0.1) is 11.9 Å². The highest BCUT2D eigenvalue weighted by Gasteiger charge is 2.40. The summed E-state index contributed by atoms with van der Waals surface area (Å²) in [7, 11) is 3.94. The normalized spacial score (nSPS) is 20.1. The second-order valence-corrected chi connectivity index (χ2v) is 10.9. The van der Waals surface area contributed by atoms with Crippen molar-refractivity contribution >= 4 is 40.7 Å². The molecule has 0 spiro atoms. The first-order valence-corrected chi connectivity index (χ1v) is 14.6. The molecule has 0 bridgehead atoms. The average molecular weight is 567 g/mol. The molecular formula is C29H42N8O4. The fourth-order valence-corrected chi connectivity index (χ4v) is 5.81. The highest BCUT2D eigenvalue weighted by atomic mass is 16.6. The predicted octanol–water partition coefficient (Wildman–Crippen LogP) is 2.23. The molecule has 1 aromatic heterocycles. The molecule has 0 radical (unpaired) electrons. The molecule has 1 atom stereocenters. The Kier molecular flexibility index (Phi) is 9.09. The lowest BCUT2D eigenvalue weighted by Crippen LogP contribution is -2.58. The number of carbonyl (C=O) groups excluding carboxylic acids is 2. The van der Waals surface area contributed by atoms with Gasteiger partial charge in [0.25, 0.3) is 0 Å². The van der Waals surface area contributed by atoms with E-state index in [1.54, 1.807) is 18.1 Å². The first-order valence-electron chi connectivity index (χ1n) is 14.6. The molecule has 1 aromatic carbocycles. The lowest BCUT2D eigenvalue weighted by atomic mass is 9.98. The summed E-state index contributed by atoms with van der Waals surface area (Å²) >= 11 is 0. The number of likely N-dealkylation sites (N-methyl/N-ethyl adjacent to an activating group) is 2. The number of carbonyl (C=O) groups is 2. The molecule has 41 heavy (non-hydrogen) atoms. The van der Waals surface area contributed by atoms with E-state index in [-0.39, 0.29) is 37.2 Å². The fraction of sp³-hybridized carbons (Fsp3) is 0.586. The number of amides is 1. The van der Waals surface area contributed by atoms with E-state index in [1.807, 2.05) is 6.07 Å². The number of piperidine rings is 1. The van der Waals surface area contributed by atoms with Gasteiger partial charge < -0.3 is 39.7 Å². The number of nitrogens with one attached hydrogen (secondary N) is 2. The van der Waals surface area contributed by atoms with Crippen LogP contribution in [0.1, 0.15) is 33.1 Å². The van der Waals surface area contributed by atoms with Gasteiger partial charge in [-0.1, -0.05) is 6.92 Å². The minimum atomic E-state index is -0.341. The van der Waals surface area contributed by atoms with Gasteiger partial charge >= 0.3 is 5.97 Å². The summed E-state index contributed by atoms with van der Waals surface area (Å²) in [6, 6.07) is 6.00. The van der Waals surface area contributed by atoms with Gasteiger partial charge in [0, 0.05) is 51.9 Å². The Bertz CT molecular complexity index is 1230. The first-order chi connectivity index (χ1) is 19.9. The zero-order valence-corrected chi connectivity index (χ0v) is 24.6. The van der Waals surface area contributed by atoms with Crippen molar-refractivity contribution in [3.63, 3.8) is 0 Å². The molecule has 4 heterocycles. The van der Waals surface area contributed by atoms with Gasteiger partial charge in [-0.2, -0.15) is 4.98 Å². The fourth-order valence-electron chi connectivity index (χ4n) is 5.81. The van der Waals surface area contributed by atoms with Crippen LogP contribution in [0.3, 0.4) is 0 Å². The summed E-state index contributed by atoms with van der Waals surface area (Å²) in [4.78, 5) is 42.7. The van der Waals surface area contributed by atoms with Crippen molar-refractivity contribution in [3.8, 4) is 5.75 Å². The maximum atomic E-state index is 13.3. The van der Waals surface area contributed by atoms with Crippen LogP contribution in [-0.4, -0.2) is 105 Å². The molecule has 12 nitrogen and oxygen atoms in total. The predicted molar refractivity (Wildman–Crippen MR) is 159 cm³/mol. The SMILES string of the molecule is CC[C@@H]1C(=O)N(C)c2cnc(Nc3cc(N4CCN(C)CC4)ccc3OCCOC(C)=O)nc2N1C1CCNCC1. The molecule has 0 saturated carbocycles. The zero-order valence-electron chi connectivity index (χ0n) is 24.6. The molecule has 1 amide bonds. The number of benzene rings is 1. The molecule has 0 unspecified atom stereocenters. The summed E-state index contributed by atoms with van der Waals surface area (Å²) in [6.07, 6.45) is 4.33. The van der Waals surface area contributed by atoms with E-state index in [1.165, 1.54) is 6.92 Å². The second-order valence-electron chi connectivity index (χ2n) is 10.9. The number of hydrogen-bond donors (Lipinski definition) is 2. The van der Waals surface area contributed by atoms with Crippen LogP contribution >= 0.6 is 0 Å². The van der Waals surface area contributed by atoms with Crippen LogP contribution < -0.4 is 30.1 Å². The second kappa shape index (κ2) is 12.9. The first kappa shape index (κ1) is 28.9. The van der Waals surface area contributed by atoms with Gasteiger partial charge in [0.2, 0.25) is 11.9 Å². The van der Waals surface area contributed by atoms with Gasteiger partial charge in [0.1, 0.15) is 30.7 Å². The largest absolute Gasteiger partial charge is 0.488 e. The number of esters is 1. The van der Waals surface area contributed by atoms with Gasteiger partial charge in [0.15, 0.2) is 5.82 Å². The minimum Gasteiger partial charge on any atom is -0.488 e. The Balaban J connectivity index is 1.46. The molecule has 2 aromatic rings. The van der Waals surface area contributed by atoms with Crippen LogP contribution in [0.5, 0.6) is 5.75 Å². The summed E-state index contributed by atoms with van der Waals surface area (Å²) in [5.41, 5.74) is 2.52. The summed E-state index contributed by atoms with van der Waals surface area (Å²) in [5, 5.41) is 6.84. The summed E-state index contributed by atoms with van der Waals surface area (Å²) in [5.74, 6) is 1.56. The third kappa shape index (κ3) is 6.48. The van der Waals surface area contributed by atoms with E-state index in [4.69, 9.17) is 14.5 Å². The van der Waals surface area contributed by atoms with E-state index in [2.05, 4.69) is 56.4 Å². The van der Waals surface area contributed by atoms with E-state index in [9.17, 15) is 9.59 Å². The topological polar surface area (TPSA) is 115 Å². The van der Waals surface area contributed by atoms with E-state index in [0.29, 0.717) is 23.8 Å². The number of piperazine rings is 1. The van der Waals surface area contributed by atoms with E-state index >= 15 is 0 Å². The maximum absolute atomic E-state index is 13.3. The van der Waals surface area contributed by atoms with Crippen molar-refractivity contribution in [1.29, 1.82) is 0 Å². The van der Waals surface area contributed by atoms with Gasteiger partial charge in [-0.05, 0) is 57.6 Å². The number of aromatic nitrogens is 2. The Morgan fingerprint density at radius 2 is 1.88 bits per heavy atom. The lowest BCUT2D eigenvalue weighted by molar-refractivity contribution is -0.141. The standard InChI is InChI=1S/C29H42N8O4/c1-5-24-28(39)35(4)25-19-31-29(33-27(25)37(24)21-8-10-30-11-9-21)32-23-18-22(36-14-12-34(3)13-15-36)6-7-26(23)41-17-16-40-20(2)38/h6-7,18-19,21,24,30H,5,8-17H2,1-4H3,(H,31,32,33)/t24-/m1/s1. The van der Waals surface area contributed by atoms with Crippen molar-refractivity contribution in [2.45, 2.75) is 45.2 Å². The zero-order chi connectivity index (χ0) is 28.9. The number of nitrogens with zero attached hydrogens (tertiary/aromatic N) is 6. The van der Waals surface area contributed by atoms with Crippen molar-refractivity contribution < 1.29 is 19.1 Å². The molecular weight excluding hydrogens is 524 g/mol. The number of fused-ring (bicyclic) bond motifs is 1. The number of hydrogen-bond acceptors (Lipinski definition) is 11. The average Bonchev–Trinajstić information content (AvgIpc) is 2.98. The van der Waals surface area contributed by atoms with Crippen LogP contribution in [-0.2, 0) is 14.3 Å². The van der Waals surface area contributed by atoms with Crippen LogP contribution in [0.15, 0.2) is 24.4 Å². The van der Waals surface area contributed by atoms with Crippen molar-refractivity contribution in [3.05, 3.63) is 24.4 Å². The molecule has 3 aliphatic heterocycles. The van der Waals surface area contributed by atoms with Crippen molar-refractivity contribution in [1.82, 2.24) is 20.2 Å². The Labute approximate surface area is 242 Å². The monoisotopic (exact) mass is 566 g/mol. The Morgan fingerprint density at radius 3 is 2.59 bits per heavy atom. The quantitative estimate of drug-likeness (QED) is 0.344. The Hall–Kier alpha value is -3.64. The smallest absolute Gasteiger partial charge is 0.302 e. The molecule has 2 fully saturated rings. The molecule has 12 heteroatoms. The number of rotatable bonds is 9. The van der Waals surface area contributed by atoms with Crippen LogP contribution in [0.4, 0.5) is 28.8 Å². The highest BCUT2D eigenvalue weighted by molar-refractivity contribution is 6.04. The summed E-state index contributed by atoms with van der Waals surface area (Å²) in [6.45, 7) is 9.51. The van der Waals surface area contributed by atoms with Crippen LogP contribution in [0, 0.1) is 0 Å². The highest BCUT2D eigenvalue weighted by Crippen LogP contribution is 2.39. The maximum Gasteiger partial charge on any atom is 0.302 e. The van der Waals surface area contributed by atoms with E-state index < -0.39 is 0 Å². The molecule has 0 aliphatic carbocycles. The third-order valence-electron chi connectivity index (χ3n) is 8.12. The molecule has 3 aliphatic rings. The number of anilines is 5.